The Morgan fingerprint density at radius 3 is 2.26 bits per heavy atom. The maximum Gasteiger partial charge on any atom is 0.243 e. The average molecular weight is 485 g/mol. The van der Waals surface area contributed by atoms with Gasteiger partial charge in [0.25, 0.3) is 0 Å². The van der Waals surface area contributed by atoms with Crippen molar-refractivity contribution in [1.82, 2.24) is 9.21 Å². The van der Waals surface area contributed by atoms with Crippen LogP contribution in [-0.4, -0.2) is 81.0 Å². The molecule has 0 saturated carbocycles. The SMILES string of the molecule is O=C(CN1CCN(c2ccc(O)cc2)CC1)N1CCc2cc(S(=O)(=O)N3CCCCC3)ccc21. The minimum Gasteiger partial charge on any atom is -0.508 e. The predicted molar refractivity (Wildman–Crippen MR) is 132 cm³/mol. The minimum atomic E-state index is -3.47. The number of sulfonamides is 1. The van der Waals surface area contributed by atoms with E-state index in [1.165, 1.54) is 0 Å². The fourth-order valence-electron chi connectivity index (χ4n) is 5.16. The van der Waals surface area contributed by atoms with Crippen molar-refractivity contribution in [3.05, 3.63) is 48.0 Å². The number of piperidine rings is 1. The summed E-state index contributed by atoms with van der Waals surface area (Å²) >= 11 is 0. The summed E-state index contributed by atoms with van der Waals surface area (Å²) in [5, 5.41) is 9.48. The number of amides is 1. The van der Waals surface area contributed by atoms with Gasteiger partial charge in [0.2, 0.25) is 15.9 Å². The van der Waals surface area contributed by atoms with Crippen LogP contribution in [0.2, 0.25) is 0 Å². The Balaban J connectivity index is 1.20. The summed E-state index contributed by atoms with van der Waals surface area (Å²) in [5.74, 6) is 0.318. The van der Waals surface area contributed by atoms with Gasteiger partial charge < -0.3 is 14.9 Å². The third-order valence-electron chi connectivity index (χ3n) is 7.15. The van der Waals surface area contributed by atoms with Crippen LogP contribution in [0.4, 0.5) is 11.4 Å². The van der Waals surface area contributed by atoms with Crippen molar-refractivity contribution < 1.29 is 18.3 Å². The second-order valence-electron chi connectivity index (χ2n) is 9.33. The van der Waals surface area contributed by atoms with Gasteiger partial charge in [-0.15, -0.1) is 0 Å². The molecule has 3 aliphatic rings. The number of phenolic OH excluding ortho intramolecular Hbond substituents is 1. The van der Waals surface area contributed by atoms with E-state index in [0.717, 1.165) is 62.4 Å². The van der Waals surface area contributed by atoms with E-state index >= 15 is 0 Å². The van der Waals surface area contributed by atoms with Gasteiger partial charge in [-0.2, -0.15) is 4.31 Å². The molecule has 3 heterocycles. The molecule has 0 spiro atoms. The molecule has 182 valence electrons. The molecule has 2 aromatic carbocycles. The highest BCUT2D eigenvalue weighted by Gasteiger charge is 2.31. The largest absolute Gasteiger partial charge is 0.508 e. The van der Waals surface area contributed by atoms with Crippen LogP contribution in [0.25, 0.3) is 0 Å². The number of nitrogens with zero attached hydrogens (tertiary/aromatic N) is 4. The van der Waals surface area contributed by atoms with E-state index in [0.29, 0.717) is 37.5 Å². The summed E-state index contributed by atoms with van der Waals surface area (Å²) in [5.41, 5.74) is 2.85. The summed E-state index contributed by atoms with van der Waals surface area (Å²) in [6.45, 7) is 5.36. The van der Waals surface area contributed by atoms with Crippen LogP contribution in [0.5, 0.6) is 5.75 Å². The van der Waals surface area contributed by atoms with Gasteiger partial charge in [0, 0.05) is 57.2 Å². The molecule has 34 heavy (non-hydrogen) atoms. The molecule has 2 fully saturated rings. The smallest absolute Gasteiger partial charge is 0.243 e. The van der Waals surface area contributed by atoms with Gasteiger partial charge in [-0.1, -0.05) is 6.42 Å². The zero-order chi connectivity index (χ0) is 23.7. The molecule has 0 aliphatic carbocycles. The molecule has 0 atom stereocenters. The number of piperazine rings is 1. The molecule has 3 aliphatic heterocycles. The Hall–Kier alpha value is -2.62. The molecule has 0 aromatic heterocycles. The molecule has 5 rings (SSSR count). The summed E-state index contributed by atoms with van der Waals surface area (Å²) in [6, 6.07) is 12.4. The fourth-order valence-corrected chi connectivity index (χ4v) is 6.72. The van der Waals surface area contributed by atoms with Crippen LogP contribution in [0.3, 0.4) is 0 Å². The van der Waals surface area contributed by atoms with E-state index in [4.69, 9.17) is 0 Å². The molecule has 0 bridgehead atoms. The highest BCUT2D eigenvalue weighted by atomic mass is 32.2. The van der Waals surface area contributed by atoms with Crippen molar-refractivity contribution in [3.63, 3.8) is 0 Å². The first-order valence-electron chi connectivity index (χ1n) is 12.1. The number of carbonyl (C=O) groups excluding carboxylic acids is 1. The third kappa shape index (κ3) is 4.64. The molecule has 2 saturated heterocycles. The Kier molecular flexibility index (Phi) is 6.50. The zero-order valence-electron chi connectivity index (χ0n) is 19.4. The molecule has 1 N–H and O–H groups in total. The zero-order valence-corrected chi connectivity index (χ0v) is 20.2. The van der Waals surface area contributed by atoms with Crippen LogP contribution in [0.1, 0.15) is 24.8 Å². The third-order valence-corrected chi connectivity index (χ3v) is 9.04. The van der Waals surface area contributed by atoms with Crippen molar-refractivity contribution >= 4 is 27.3 Å². The lowest BCUT2D eigenvalue weighted by molar-refractivity contribution is -0.119. The number of hydrogen-bond donors (Lipinski definition) is 1. The molecular weight excluding hydrogens is 452 g/mol. The number of rotatable bonds is 5. The summed E-state index contributed by atoms with van der Waals surface area (Å²) in [6.07, 6.45) is 3.59. The number of benzene rings is 2. The molecule has 0 unspecified atom stereocenters. The lowest BCUT2D eigenvalue weighted by Gasteiger charge is -2.36. The van der Waals surface area contributed by atoms with Gasteiger partial charge >= 0.3 is 0 Å². The first kappa shape index (κ1) is 23.1. The van der Waals surface area contributed by atoms with E-state index in [1.54, 1.807) is 39.5 Å². The number of anilines is 2. The van der Waals surface area contributed by atoms with Crippen molar-refractivity contribution in [3.8, 4) is 5.75 Å². The quantitative estimate of drug-likeness (QED) is 0.701. The molecule has 2 aromatic rings. The van der Waals surface area contributed by atoms with Crippen molar-refractivity contribution in [1.29, 1.82) is 0 Å². The normalized spacial score (nSPS) is 19.9. The second-order valence-corrected chi connectivity index (χ2v) is 11.3. The highest BCUT2D eigenvalue weighted by Crippen LogP contribution is 2.32. The highest BCUT2D eigenvalue weighted by molar-refractivity contribution is 7.89. The van der Waals surface area contributed by atoms with Gasteiger partial charge in [0.1, 0.15) is 5.75 Å². The van der Waals surface area contributed by atoms with E-state index in [-0.39, 0.29) is 11.7 Å². The fraction of sp³-hybridized carbons (Fsp3) is 0.480. The summed E-state index contributed by atoms with van der Waals surface area (Å²) in [7, 11) is -3.47. The Labute approximate surface area is 201 Å². The van der Waals surface area contributed by atoms with Crippen LogP contribution >= 0.6 is 0 Å². The number of fused-ring (bicyclic) bond motifs is 1. The monoisotopic (exact) mass is 484 g/mol. The Bertz CT molecular complexity index is 1140. The van der Waals surface area contributed by atoms with Gasteiger partial charge in [-0.3, -0.25) is 9.69 Å². The van der Waals surface area contributed by atoms with E-state index in [2.05, 4.69) is 9.80 Å². The van der Waals surface area contributed by atoms with Crippen LogP contribution in [0.15, 0.2) is 47.4 Å². The van der Waals surface area contributed by atoms with E-state index < -0.39 is 10.0 Å². The first-order valence-corrected chi connectivity index (χ1v) is 13.6. The maximum absolute atomic E-state index is 13.1. The van der Waals surface area contributed by atoms with E-state index in [9.17, 15) is 18.3 Å². The summed E-state index contributed by atoms with van der Waals surface area (Å²) < 4.78 is 27.7. The van der Waals surface area contributed by atoms with Crippen LogP contribution in [-0.2, 0) is 21.2 Å². The average Bonchev–Trinajstić information content (AvgIpc) is 3.29. The minimum absolute atomic E-state index is 0.0588. The maximum atomic E-state index is 13.1. The number of phenols is 1. The van der Waals surface area contributed by atoms with Gasteiger partial charge in [-0.25, -0.2) is 8.42 Å². The van der Waals surface area contributed by atoms with E-state index in [1.807, 2.05) is 12.1 Å². The number of aromatic hydroxyl groups is 1. The van der Waals surface area contributed by atoms with Crippen molar-refractivity contribution in [2.75, 3.05) is 62.2 Å². The van der Waals surface area contributed by atoms with Gasteiger partial charge in [-0.05, 0) is 67.3 Å². The molecule has 9 heteroatoms. The summed E-state index contributed by atoms with van der Waals surface area (Å²) in [4.78, 5) is 19.7. The predicted octanol–water partition coefficient (Wildman–Crippen LogP) is 2.28. The van der Waals surface area contributed by atoms with Crippen molar-refractivity contribution in [2.45, 2.75) is 30.6 Å². The molecule has 0 radical (unpaired) electrons. The Morgan fingerprint density at radius 2 is 1.56 bits per heavy atom. The standard InChI is InChI=1S/C25H32N4O4S/c30-22-6-4-21(5-7-22)27-16-14-26(15-17-27)19-25(31)29-13-10-20-18-23(8-9-24(20)29)34(32,33)28-11-2-1-3-12-28/h4-9,18,30H,1-3,10-17,19H2. The molecular formula is C25H32N4O4S. The number of hydrogen-bond acceptors (Lipinski definition) is 6. The van der Waals surface area contributed by atoms with Gasteiger partial charge in [0.05, 0.1) is 11.4 Å². The Morgan fingerprint density at radius 1 is 0.853 bits per heavy atom. The van der Waals surface area contributed by atoms with Crippen LogP contribution in [0, 0.1) is 0 Å². The number of carbonyl (C=O) groups is 1. The van der Waals surface area contributed by atoms with Crippen LogP contribution < -0.4 is 9.80 Å². The molecule has 1 amide bonds. The topological polar surface area (TPSA) is 84.4 Å². The lowest BCUT2D eigenvalue weighted by atomic mass is 10.2. The van der Waals surface area contributed by atoms with Crippen molar-refractivity contribution in [2.24, 2.45) is 0 Å². The first-order chi connectivity index (χ1) is 16.4. The molecule has 8 nitrogen and oxygen atoms in total. The van der Waals surface area contributed by atoms with Gasteiger partial charge in [0.15, 0.2) is 0 Å². The second kappa shape index (κ2) is 9.56. The lowest BCUT2D eigenvalue weighted by Crippen LogP contribution is -2.50.